The lowest BCUT2D eigenvalue weighted by molar-refractivity contribution is 0.0954. The van der Waals surface area contributed by atoms with Crippen LogP contribution in [0.3, 0.4) is 0 Å². The quantitative estimate of drug-likeness (QED) is 0.670. The van der Waals surface area contributed by atoms with Gasteiger partial charge in [0, 0.05) is 33.8 Å². The van der Waals surface area contributed by atoms with Crippen LogP contribution >= 0.6 is 11.3 Å². The number of hydrogen-bond donors (Lipinski definition) is 2. The van der Waals surface area contributed by atoms with Gasteiger partial charge in [-0.1, -0.05) is 18.2 Å². The van der Waals surface area contributed by atoms with Crippen molar-refractivity contribution in [2.75, 3.05) is 45.3 Å². The molecule has 2 amide bonds. The van der Waals surface area contributed by atoms with Crippen molar-refractivity contribution in [3.63, 3.8) is 0 Å². The van der Waals surface area contributed by atoms with E-state index in [1.54, 1.807) is 38.4 Å². The molecular weight excluding hydrogens is 338 g/mol. The van der Waals surface area contributed by atoms with Crippen molar-refractivity contribution in [2.24, 2.45) is 0 Å². The molecule has 1 heterocycles. The van der Waals surface area contributed by atoms with E-state index >= 15 is 0 Å². The number of benzene rings is 1. The molecule has 0 aliphatic heterocycles. The third-order valence-electron chi connectivity index (χ3n) is 3.62. The smallest absolute Gasteiger partial charge is 0.268 e. The Morgan fingerprint density at radius 2 is 1.92 bits per heavy atom. The normalized spacial score (nSPS) is 10.5. The Morgan fingerprint density at radius 1 is 1.12 bits per heavy atom. The van der Waals surface area contributed by atoms with Crippen LogP contribution in [0.4, 0.5) is 5.69 Å². The van der Waals surface area contributed by atoms with Gasteiger partial charge in [0.1, 0.15) is 0 Å². The van der Waals surface area contributed by atoms with Crippen LogP contribution in [0, 0.1) is 0 Å². The SMILES string of the molecule is COCCNCCNC(=O)c1ccccc1N(C)C(=O)c1cccs1. The molecule has 2 rings (SSSR count). The molecule has 1 aromatic heterocycles. The maximum Gasteiger partial charge on any atom is 0.268 e. The molecule has 134 valence electrons. The largest absolute Gasteiger partial charge is 0.383 e. The molecule has 0 saturated carbocycles. The molecule has 1 aromatic carbocycles. The van der Waals surface area contributed by atoms with Crippen molar-refractivity contribution in [1.82, 2.24) is 10.6 Å². The van der Waals surface area contributed by atoms with E-state index in [0.717, 1.165) is 6.54 Å². The average molecular weight is 361 g/mol. The van der Waals surface area contributed by atoms with Gasteiger partial charge in [-0.2, -0.15) is 0 Å². The van der Waals surface area contributed by atoms with Crippen LogP contribution in [0.15, 0.2) is 41.8 Å². The fourth-order valence-corrected chi connectivity index (χ4v) is 2.99. The number of methoxy groups -OCH3 is 1. The molecule has 0 saturated heterocycles. The summed E-state index contributed by atoms with van der Waals surface area (Å²) in [7, 11) is 3.33. The number of hydrogen-bond acceptors (Lipinski definition) is 5. The summed E-state index contributed by atoms with van der Waals surface area (Å²) in [5.41, 5.74) is 1.07. The Labute approximate surface area is 151 Å². The van der Waals surface area contributed by atoms with Crippen LogP contribution in [0.1, 0.15) is 20.0 Å². The van der Waals surface area contributed by atoms with E-state index in [2.05, 4.69) is 10.6 Å². The molecule has 2 aromatic rings. The molecule has 0 bridgehead atoms. The van der Waals surface area contributed by atoms with Gasteiger partial charge in [0.25, 0.3) is 11.8 Å². The van der Waals surface area contributed by atoms with Crippen LogP contribution < -0.4 is 15.5 Å². The third-order valence-corrected chi connectivity index (χ3v) is 4.47. The van der Waals surface area contributed by atoms with Crippen molar-refractivity contribution >= 4 is 28.8 Å². The Kier molecular flexibility index (Phi) is 7.59. The number of nitrogens with zero attached hydrogens (tertiary/aromatic N) is 1. The zero-order valence-corrected chi connectivity index (χ0v) is 15.3. The molecule has 2 N–H and O–H groups in total. The van der Waals surface area contributed by atoms with E-state index in [1.165, 1.54) is 16.2 Å². The van der Waals surface area contributed by atoms with Gasteiger partial charge >= 0.3 is 0 Å². The van der Waals surface area contributed by atoms with Gasteiger partial charge in [0.2, 0.25) is 0 Å². The molecule has 0 spiro atoms. The summed E-state index contributed by atoms with van der Waals surface area (Å²) in [6, 6.07) is 10.7. The van der Waals surface area contributed by atoms with Gasteiger partial charge in [-0.05, 0) is 23.6 Å². The number of carbonyl (C=O) groups excluding carboxylic acids is 2. The van der Waals surface area contributed by atoms with Crippen LogP contribution in [0.5, 0.6) is 0 Å². The number of anilines is 1. The van der Waals surface area contributed by atoms with Crippen molar-refractivity contribution in [3.8, 4) is 0 Å². The lowest BCUT2D eigenvalue weighted by Gasteiger charge is -2.20. The first-order valence-corrected chi connectivity index (χ1v) is 8.91. The van der Waals surface area contributed by atoms with Gasteiger partial charge in [0.05, 0.1) is 22.7 Å². The fraction of sp³-hybridized carbons (Fsp3) is 0.333. The number of amides is 2. The predicted molar refractivity (Wildman–Crippen MR) is 101 cm³/mol. The van der Waals surface area contributed by atoms with Gasteiger partial charge in [-0.15, -0.1) is 11.3 Å². The summed E-state index contributed by atoms with van der Waals surface area (Å²) < 4.78 is 4.95. The summed E-state index contributed by atoms with van der Waals surface area (Å²) in [6.07, 6.45) is 0. The highest BCUT2D eigenvalue weighted by molar-refractivity contribution is 7.12. The Morgan fingerprint density at radius 3 is 2.64 bits per heavy atom. The van der Waals surface area contributed by atoms with E-state index in [1.807, 2.05) is 17.5 Å². The van der Waals surface area contributed by atoms with Crippen LogP contribution in [-0.2, 0) is 4.74 Å². The van der Waals surface area contributed by atoms with Gasteiger partial charge < -0.3 is 20.3 Å². The van der Waals surface area contributed by atoms with Crippen LogP contribution in [-0.4, -0.2) is 52.2 Å². The van der Waals surface area contributed by atoms with E-state index in [4.69, 9.17) is 4.74 Å². The molecular formula is C18H23N3O3S. The minimum absolute atomic E-state index is 0.128. The first kappa shape index (κ1) is 19.1. The van der Waals surface area contributed by atoms with E-state index < -0.39 is 0 Å². The monoisotopic (exact) mass is 361 g/mol. The number of thiophene rings is 1. The second kappa shape index (κ2) is 9.93. The highest BCUT2D eigenvalue weighted by atomic mass is 32.1. The van der Waals surface area contributed by atoms with Crippen molar-refractivity contribution < 1.29 is 14.3 Å². The van der Waals surface area contributed by atoms with Crippen LogP contribution in [0.2, 0.25) is 0 Å². The summed E-state index contributed by atoms with van der Waals surface area (Å²) >= 11 is 1.38. The average Bonchev–Trinajstić information content (AvgIpc) is 3.18. The van der Waals surface area contributed by atoms with E-state index in [-0.39, 0.29) is 11.8 Å². The number of nitrogens with one attached hydrogen (secondary N) is 2. The second-order valence-electron chi connectivity index (χ2n) is 5.36. The lowest BCUT2D eigenvalue weighted by Crippen LogP contribution is -2.34. The fourth-order valence-electron chi connectivity index (χ4n) is 2.29. The summed E-state index contributed by atoms with van der Waals surface area (Å²) in [5.74, 6) is -0.327. The van der Waals surface area contributed by atoms with Gasteiger partial charge in [0.15, 0.2) is 0 Å². The first-order chi connectivity index (χ1) is 12.1. The summed E-state index contributed by atoms with van der Waals surface area (Å²) in [5, 5.41) is 7.89. The number of rotatable bonds is 9. The minimum atomic E-state index is -0.199. The van der Waals surface area contributed by atoms with Crippen molar-refractivity contribution in [3.05, 3.63) is 52.2 Å². The second-order valence-corrected chi connectivity index (χ2v) is 6.31. The molecule has 0 unspecified atom stereocenters. The molecule has 0 aliphatic rings. The third kappa shape index (κ3) is 5.38. The summed E-state index contributed by atoms with van der Waals surface area (Å²) in [4.78, 5) is 27.1. The van der Waals surface area contributed by atoms with Gasteiger partial charge in [-0.3, -0.25) is 9.59 Å². The summed E-state index contributed by atoms with van der Waals surface area (Å²) in [6.45, 7) is 2.52. The highest BCUT2D eigenvalue weighted by Crippen LogP contribution is 2.22. The number of carbonyl (C=O) groups is 2. The topological polar surface area (TPSA) is 70.7 Å². The molecule has 0 fully saturated rings. The van der Waals surface area contributed by atoms with Crippen molar-refractivity contribution in [1.29, 1.82) is 0 Å². The Balaban J connectivity index is 1.99. The minimum Gasteiger partial charge on any atom is -0.383 e. The van der Waals surface area contributed by atoms with E-state index in [0.29, 0.717) is 35.8 Å². The number of ether oxygens (including phenoxy) is 1. The zero-order chi connectivity index (χ0) is 18.1. The lowest BCUT2D eigenvalue weighted by atomic mass is 10.1. The molecule has 0 radical (unpaired) electrons. The Bertz CT molecular complexity index is 689. The first-order valence-electron chi connectivity index (χ1n) is 8.03. The molecule has 0 atom stereocenters. The molecule has 7 heteroatoms. The molecule has 6 nitrogen and oxygen atoms in total. The van der Waals surface area contributed by atoms with Crippen molar-refractivity contribution in [2.45, 2.75) is 0 Å². The maximum atomic E-state index is 12.5. The maximum absolute atomic E-state index is 12.5. The van der Waals surface area contributed by atoms with Crippen LogP contribution in [0.25, 0.3) is 0 Å². The highest BCUT2D eigenvalue weighted by Gasteiger charge is 2.19. The Hall–Kier alpha value is -2.22. The standard InChI is InChI=1S/C18H23N3O3S/c1-21(18(23)16-8-5-13-25-16)15-7-4-3-6-14(15)17(22)20-10-9-19-11-12-24-2/h3-8,13,19H,9-12H2,1-2H3,(H,20,22). The van der Waals surface area contributed by atoms with E-state index in [9.17, 15) is 9.59 Å². The predicted octanol–water partition coefficient (Wildman–Crippen LogP) is 1.99. The number of para-hydroxylation sites is 1. The molecule has 25 heavy (non-hydrogen) atoms. The molecule has 0 aliphatic carbocycles. The zero-order valence-electron chi connectivity index (χ0n) is 14.5. The van der Waals surface area contributed by atoms with Gasteiger partial charge in [-0.25, -0.2) is 0 Å².